The van der Waals surface area contributed by atoms with Crippen molar-refractivity contribution in [2.24, 2.45) is 0 Å². The zero-order chi connectivity index (χ0) is 81.5. The Balaban J connectivity index is 5.04. The highest BCUT2D eigenvalue weighted by Gasteiger charge is 2.34. The first-order valence-electron chi connectivity index (χ1n) is 33.6. The number of amides is 21. The molecule has 0 aromatic heterocycles. The first kappa shape index (κ1) is 93.9. The smallest absolute Gasteiger partial charge is 0.242 e. The Hall–Kier alpha value is -11.1. The molecular weight excluding hydrogens is 1390 g/mol. The number of hydrogen-bond donors (Lipinski definition) is 21. The van der Waals surface area contributed by atoms with E-state index < -0.39 is 245 Å². The molecule has 21 N–H and O–H groups in total. The molecule has 0 spiro atoms. The molecule has 0 unspecified atom stereocenters. The molecule has 105 heavy (non-hydrogen) atoms. The molecule has 0 aromatic rings. The van der Waals surface area contributed by atoms with E-state index in [0.717, 1.165) is 0 Å². The van der Waals surface area contributed by atoms with Crippen LogP contribution in [0, 0.1) is 0 Å². The first-order chi connectivity index (χ1) is 48.4. The van der Waals surface area contributed by atoms with E-state index in [4.69, 9.17) is 0 Å². The molecule has 0 aromatic carbocycles. The van der Waals surface area contributed by atoms with Gasteiger partial charge in [0.15, 0.2) is 0 Å². The Morgan fingerprint density at radius 1 is 0.133 bits per heavy atom. The lowest BCUT2D eigenvalue weighted by atomic mass is 10.2. The van der Waals surface area contributed by atoms with Crippen LogP contribution in [0.1, 0.15) is 145 Å². The molecule has 0 aliphatic carbocycles. The normalized spacial score (nSPS) is 16.5. The van der Waals surface area contributed by atoms with Gasteiger partial charge in [-0.15, -0.1) is 0 Å². The molecule has 0 heterocycles. The van der Waals surface area contributed by atoms with E-state index in [-0.39, 0.29) is 0 Å². The summed E-state index contributed by atoms with van der Waals surface area (Å²) in [4.78, 5) is 267. The number of nitrogens with one attached hydrogen (secondary N) is 21. The van der Waals surface area contributed by atoms with E-state index in [1.807, 2.05) is 0 Å². The molecule has 0 saturated carbocycles. The molecule has 42 heteroatoms. The molecule has 0 bridgehead atoms. The molecule has 0 fully saturated rings. The van der Waals surface area contributed by atoms with Crippen LogP contribution < -0.4 is 112 Å². The van der Waals surface area contributed by atoms with E-state index in [0.29, 0.717) is 0 Å². The summed E-state index contributed by atoms with van der Waals surface area (Å²) < 4.78 is 0. The summed E-state index contributed by atoms with van der Waals surface area (Å²) in [6.45, 7) is 27.3. The standard InChI is InChI=1S/C63H107N21O21/c1-23(44(86)64-22)66-46(88)25(3)68-48(90)27(5)70-50(92)29(7)72-52(94)31(9)74-54(96)33(11)76-56(98)35(13)78-58(100)37(15)80-60(102)39(17)82-62(104)41(19)84-63(105)42(20)83-61(103)40(18)81-59(101)38(16)79-57(99)36(14)77-55(97)34(12)75-53(95)32(10)73-51(93)30(8)71-49(91)28(6)69-47(89)26(4)67-45(87)24(2)65-43(21)85/h23-42H,1-22H3,(H,64,86)(H,65,85)(H,66,88)(H,67,87)(H,68,90)(H,69,89)(H,70,92)(H,71,91)(H,72,94)(H,73,93)(H,74,96)(H,75,95)(H,76,98)(H,77,97)(H,78,100)(H,79,99)(H,80,102)(H,81,101)(H,82,104)(H,83,103)(H,84,105)/t23-,24-,25-,26-,27-,28-,29-,30-,31-,32-,33-,34-,35-,36-,37-,38-,39-,40-,41-,42-/m0/s1. The van der Waals surface area contributed by atoms with E-state index >= 15 is 0 Å². The Kier molecular flexibility index (Phi) is 39.7. The molecule has 0 aliphatic rings. The SMILES string of the molecule is CNC(=O)[C@H](C)NC(=O)[C@H](C)NC(=O)[C@H](C)NC(=O)[C@H](C)NC(=O)[C@H](C)NC(=O)[C@H](C)NC(=O)[C@H](C)NC(=O)[C@H](C)NC(=O)[C@H](C)NC(=O)[C@H](C)NC(=O)[C@H](C)NC(=O)[C@H](C)NC(=O)[C@H](C)NC(=O)[C@H](C)NC(=O)[C@H](C)NC(=O)[C@H](C)NC(=O)[C@H](C)NC(=O)[C@H](C)NC(=O)[C@H](C)NC(=O)[C@H](C)NC(C)=O. The van der Waals surface area contributed by atoms with Crippen LogP contribution in [0.5, 0.6) is 0 Å². The molecular formula is C63H107N21O21. The number of rotatable bonds is 40. The maximum atomic E-state index is 13.0. The van der Waals surface area contributed by atoms with E-state index in [1.54, 1.807) is 0 Å². The van der Waals surface area contributed by atoms with Crippen molar-refractivity contribution < 1.29 is 101 Å². The van der Waals surface area contributed by atoms with Crippen molar-refractivity contribution in [1.82, 2.24) is 112 Å². The van der Waals surface area contributed by atoms with Gasteiger partial charge in [-0.3, -0.25) is 101 Å². The Labute approximate surface area is 607 Å². The summed E-state index contributed by atoms with van der Waals surface area (Å²) in [5.74, 6) is -16.4. The second-order valence-electron chi connectivity index (χ2n) is 25.4. The van der Waals surface area contributed by atoms with Crippen molar-refractivity contribution in [3.05, 3.63) is 0 Å². The average Bonchev–Trinajstić information content (AvgIpc) is 0.911. The van der Waals surface area contributed by atoms with Gasteiger partial charge in [-0.1, -0.05) is 0 Å². The number of hydrogen-bond acceptors (Lipinski definition) is 21. The third-order valence-corrected chi connectivity index (χ3v) is 15.3. The first-order valence-corrected chi connectivity index (χ1v) is 33.6. The van der Waals surface area contributed by atoms with Crippen molar-refractivity contribution in [1.29, 1.82) is 0 Å². The largest absolute Gasteiger partial charge is 0.357 e. The number of carbonyl (C=O) groups excluding carboxylic acids is 21. The van der Waals surface area contributed by atoms with Crippen molar-refractivity contribution in [3.8, 4) is 0 Å². The molecule has 0 aliphatic heterocycles. The van der Waals surface area contributed by atoms with E-state index in [1.165, 1.54) is 152 Å². The predicted molar refractivity (Wildman–Crippen MR) is 372 cm³/mol. The molecule has 21 amide bonds. The van der Waals surface area contributed by atoms with Gasteiger partial charge in [0.2, 0.25) is 124 Å². The van der Waals surface area contributed by atoms with Crippen molar-refractivity contribution in [2.75, 3.05) is 7.05 Å². The minimum absolute atomic E-state index is 0.462. The summed E-state index contributed by atoms with van der Waals surface area (Å²) >= 11 is 0. The van der Waals surface area contributed by atoms with Gasteiger partial charge < -0.3 is 112 Å². The van der Waals surface area contributed by atoms with Crippen LogP contribution in [-0.2, 0) is 101 Å². The van der Waals surface area contributed by atoms with Crippen LogP contribution in [0.4, 0.5) is 0 Å². The summed E-state index contributed by atoms with van der Waals surface area (Å²) in [5.41, 5.74) is 0. The summed E-state index contributed by atoms with van der Waals surface area (Å²) in [7, 11) is 1.39. The van der Waals surface area contributed by atoms with Gasteiger partial charge in [-0.2, -0.15) is 0 Å². The molecule has 0 radical (unpaired) electrons. The molecule has 42 nitrogen and oxygen atoms in total. The van der Waals surface area contributed by atoms with Crippen LogP contribution in [0.3, 0.4) is 0 Å². The van der Waals surface area contributed by atoms with Gasteiger partial charge in [0.1, 0.15) is 121 Å². The fourth-order valence-electron chi connectivity index (χ4n) is 8.26. The highest BCUT2D eigenvalue weighted by molar-refractivity contribution is 6.01. The van der Waals surface area contributed by atoms with E-state index in [9.17, 15) is 101 Å². The fourth-order valence-corrected chi connectivity index (χ4v) is 8.26. The maximum Gasteiger partial charge on any atom is 0.242 e. The molecule has 20 atom stereocenters. The highest BCUT2D eigenvalue weighted by Crippen LogP contribution is 2.01. The third-order valence-electron chi connectivity index (χ3n) is 15.3. The Bertz CT molecular complexity index is 3250. The predicted octanol–water partition coefficient (Wildman–Crippen LogP) is -10.2. The Morgan fingerprint density at radius 2 is 0.200 bits per heavy atom. The van der Waals surface area contributed by atoms with Gasteiger partial charge in [0.25, 0.3) is 0 Å². The van der Waals surface area contributed by atoms with Crippen molar-refractivity contribution in [2.45, 2.75) is 266 Å². The van der Waals surface area contributed by atoms with E-state index in [2.05, 4.69) is 112 Å². The topological polar surface area (TPSA) is 611 Å². The van der Waals surface area contributed by atoms with Gasteiger partial charge in [-0.25, -0.2) is 0 Å². The van der Waals surface area contributed by atoms with Crippen LogP contribution in [-0.4, -0.2) is 252 Å². The van der Waals surface area contributed by atoms with Crippen molar-refractivity contribution >= 4 is 124 Å². The second kappa shape index (κ2) is 44.4. The maximum absolute atomic E-state index is 13.0. The summed E-state index contributed by atoms with van der Waals surface area (Å²) in [6.07, 6.45) is 0. The van der Waals surface area contributed by atoms with Crippen LogP contribution in [0.2, 0.25) is 0 Å². The second-order valence-corrected chi connectivity index (χ2v) is 25.4. The highest BCUT2D eigenvalue weighted by atomic mass is 16.2. The quantitative estimate of drug-likeness (QED) is 0.0271. The summed E-state index contributed by atoms with van der Waals surface area (Å²) in [6, 6.07) is -24.3. The van der Waals surface area contributed by atoms with Crippen molar-refractivity contribution in [3.63, 3.8) is 0 Å². The van der Waals surface area contributed by atoms with Crippen LogP contribution in [0.15, 0.2) is 0 Å². The molecule has 0 rings (SSSR count). The minimum Gasteiger partial charge on any atom is -0.357 e. The van der Waals surface area contributed by atoms with Gasteiger partial charge in [-0.05, 0) is 138 Å². The zero-order valence-electron chi connectivity index (χ0n) is 63.1. The molecule has 0 saturated heterocycles. The molecule has 590 valence electrons. The van der Waals surface area contributed by atoms with Gasteiger partial charge in [0, 0.05) is 14.0 Å². The monoisotopic (exact) mass is 1490 g/mol. The lowest BCUT2D eigenvalue weighted by molar-refractivity contribution is -0.135. The zero-order valence-corrected chi connectivity index (χ0v) is 63.1. The number of likely N-dealkylation sites (N-methyl/N-ethyl adjacent to an activating group) is 1. The minimum atomic E-state index is -1.31. The fraction of sp³-hybridized carbons (Fsp3) is 0.667. The van der Waals surface area contributed by atoms with Crippen LogP contribution in [0.25, 0.3) is 0 Å². The van der Waals surface area contributed by atoms with Gasteiger partial charge in [0.05, 0.1) is 0 Å². The average molecular weight is 1490 g/mol. The van der Waals surface area contributed by atoms with Crippen LogP contribution >= 0.6 is 0 Å². The third kappa shape index (κ3) is 33.7. The number of carbonyl (C=O) groups is 21. The summed E-state index contributed by atoms with van der Waals surface area (Å²) in [5, 5.41) is 49.9. The van der Waals surface area contributed by atoms with Gasteiger partial charge >= 0.3 is 0 Å². The Morgan fingerprint density at radius 3 is 0.267 bits per heavy atom. The lowest BCUT2D eigenvalue weighted by Gasteiger charge is -2.24. The lowest BCUT2D eigenvalue weighted by Crippen LogP contribution is -2.59.